The van der Waals surface area contributed by atoms with Crippen LogP contribution in [0, 0.1) is 0 Å². The Morgan fingerprint density at radius 2 is 1.52 bits per heavy atom. The van der Waals surface area contributed by atoms with E-state index in [4.69, 9.17) is 16.3 Å². The standard InChI is InChI=1S/C23H18ClNO4/c1-15(22(27)25-18-11-7-10-17(24)14-18)29-23(28)20-13-6-5-12-19(20)21(26)16-8-3-2-4-9-16/h2-15H,1H3,(H,25,27)/t15-/m1/s1. The number of nitrogens with one attached hydrogen (secondary N) is 1. The van der Waals surface area contributed by atoms with E-state index >= 15 is 0 Å². The van der Waals surface area contributed by atoms with E-state index in [1.165, 1.54) is 13.0 Å². The lowest BCUT2D eigenvalue weighted by atomic mass is 9.98. The van der Waals surface area contributed by atoms with Crippen LogP contribution in [0.15, 0.2) is 78.9 Å². The Morgan fingerprint density at radius 3 is 2.21 bits per heavy atom. The van der Waals surface area contributed by atoms with E-state index in [1.807, 2.05) is 0 Å². The number of rotatable bonds is 6. The second-order valence-electron chi connectivity index (χ2n) is 6.29. The number of amides is 1. The number of anilines is 1. The fraction of sp³-hybridized carbons (Fsp3) is 0.0870. The lowest BCUT2D eigenvalue weighted by Crippen LogP contribution is -2.30. The topological polar surface area (TPSA) is 72.5 Å². The first-order chi connectivity index (χ1) is 14.0. The Hall–Kier alpha value is -3.44. The molecule has 1 N–H and O–H groups in total. The van der Waals surface area contributed by atoms with Gasteiger partial charge in [0.25, 0.3) is 5.91 Å². The van der Waals surface area contributed by atoms with Crippen LogP contribution >= 0.6 is 11.6 Å². The van der Waals surface area contributed by atoms with Gasteiger partial charge in [-0.2, -0.15) is 0 Å². The number of esters is 1. The van der Waals surface area contributed by atoms with E-state index in [-0.39, 0.29) is 16.9 Å². The molecule has 0 fully saturated rings. The largest absolute Gasteiger partial charge is 0.449 e. The molecule has 5 nitrogen and oxygen atoms in total. The molecule has 0 bridgehead atoms. The number of benzene rings is 3. The average Bonchev–Trinajstić information content (AvgIpc) is 2.73. The summed E-state index contributed by atoms with van der Waals surface area (Å²) in [7, 11) is 0. The second-order valence-corrected chi connectivity index (χ2v) is 6.72. The van der Waals surface area contributed by atoms with Gasteiger partial charge in [0.1, 0.15) is 0 Å². The van der Waals surface area contributed by atoms with Crippen molar-refractivity contribution in [2.75, 3.05) is 5.32 Å². The zero-order valence-corrected chi connectivity index (χ0v) is 16.3. The third kappa shape index (κ3) is 5.09. The van der Waals surface area contributed by atoms with Crippen LogP contribution < -0.4 is 5.32 Å². The molecule has 0 spiro atoms. The number of ketones is 1. The molecule has 0 aromatic heterocycles. The number of hydrogen-bond acceptors (Lipinski definition) is 4. The van der Waals surface area contributed by atoms with Crippen LogP contribution in [-0.2, 0) is 9.53 Å². The third-order valence-electron chi connectivity index (χ3n) is 4.17. The number of ether oxygens (including phenoxy) is 1. The summed E-state index contributed by atoms with van der Waals surface area (Å²) in [6, 6.07) is 21.6. The lowest BCUT2D eigenvalue weighted by molar-refractivity contribution is -0.123. The maximum absolute atomic E-state index is 12.8. The molecule has 3 rings (SSSR count). The Labute approximate surface area is 173 Å². The summed E-state index contributed by atoms with van der Waals surface area (Å²) >= 11 is 5.90. The first-order valence-electron chi connectivity index (χ1n) is 8.92. The van der Waals surface area contributed by atoms with Gasteiger partial charge in [0.05, 0.1) is 5.56 Å². The highest BCUT2D eigenvalue weighted by atomic mass is 35.5. The Balaban J connectivity index is 1.74. The van der Waals surface area contributed by atoms with Crippen LogP contribution in [0.25, 0.3) is 0 Å². The van der Waals surface area contributed by atoms with Gasteiger partial charge in [-0.05, 0) is 31.2 Å². The molecular formula is C23H18ClNO4. The van der Waals surface area contributed by atoms with Crippen LogP contribution in [0.5, 0.6) is 0 Å². The normalized spacial score (nSPS) is 11.4. The van der Waals surface area contributed by atoms with Crippen LogP contribution in [0.4, 0.5) is 5.69 Å². The Bertz CT molecular complexity index is 1050. The first kappa shape index (κ1) is 20.3. The maximum Gasteiger partial charge on any atom is 0.339 e. The smallest absolute Gasteiger partial charge is 0.339 e. The van der Waals surface area contributed by atoms with Gasteiger partial charge in [-0.1, -0.05) is 66.2 Å². The quantitative estimate of drug-likeness (QED) is 0.472. The van der Waals surface area contributed by atoms with Crippen LogP contribution in [0.1, 0.15) is 33.2 Å². The summed E-state index contributed by atoms with van der Waals surface area (Å²) in [4.78, 5) is 37.7. The zero-order chi connectivity index (χ0) is 20.8. The van der Waals surface area contributed by atoms with Gasteiger partial charge in [-0.25, -0.2) is 4.79 Å². The third-order valence-corrected chi connectivity index (χ3v) is 4.41. The number of carbonyl (C=O) groups is 3. The highest BCUT2D eigenvalue weighted by Gasteiger charge is 2.23. The van der Waals surface area contributed by atoms with Crippen molar-refractivity contribution in [1.82, 2.24) is 0 Å². The molecule has 1 amide bonds. The zero-order valence-electron chi connectivity index (χ0n) is 15.6. The fourth-order valence-corrected chi connectivity index (χ4v) is 2.88. The van der Waals surface area contributed by atoms with Crippen LogP contribution in [0.3, 0.4) is 0 Å². The van der Waals surface area contributed by atoms with Crippen molar-refractivity contribution < 1.29 is 19.1 Å². The van der Waals surface area contributed by atoms with E-state index in [0.717, 1.165) is 0 Å². The van der Waals surface area contributed by atoms with Crippen LogP contribution in [0.2, 0.25) is 5.02 Å². The van der Waals surface area contributed by atoms with Crippen molar-refractivity contribution in [3.05, 3.63) is 101 Å². The molecule has 146 valence electrons. The monoisotopic (exact) mass is 407 g/mol. The first-order valence-corrected chi connectivity index (χ1v) is 9.29. The SMILES string of the molecule is C[C@@H](OC(=O)c1ccccc1C(=O)c1ccccc1)C(=O)Nc1cccc(Cl)c1. The highest BCUT2D eigenvalue weighted by Crippen LogP contribution is 2.18. The van der Waals surface area contributed by atoms with Gasteiger partial charge in [-0.15, -0.1) is 0 Å². The van der Waals surface area contributed by atoms with Gasteiger partial charge in [-0.3, -0.25) is 9.59 Å². The molecule has 0 heterocycles. The lowest BCUT2D eigenvalue weighted by Gasteiger charge is -2.15. The van der Waals surface area contributed by atoms with Gasteiger partial charge >= 0.3 is 5.97 Å². The summed E-state index contributed by atoms with van der Waals surface area (Å²) in [6.45, 7) is 1.46. The Morgan fingerprint density at radius 1 is 0.862 bits per heavy atom. The molecule has 0 aliphatic carbocycles. The average molecular weight is 408 g/mol. The molecule has 1 atom stereocenters. The molecule has 0 radical (unpaired) electrons. The highest BCUT2D eigenvalue weighted by molar-refractivity contribution is 6.30. The molecule has 0 aliphatic rings. The molecule has 0 aliphatic heterocycles. The maximum atomic E-state index is 12.8. The predicted octanol–water partition coefficient (Wildman–Crippen LogP) is 4.76. The molecule has 0 saturated heterocycles. The van der Waals surface area contributed by atoms with Gasteiger partial charge < -0.3 is 10.1 Å². The second kappa shape index (κ2) is 9.17. The molecule has 6 heteroatoms. The Kier molecular flexibility index (Phi) is 6.42. The summed E-state index contributed by atoms with van der Waals surface area (Å²) in [5, 5.41) is 3.11. The van der Waals surface area contributed by atoms with Gasteiger partial charge in [0, 0.05) is 21.8 Å². The summed E-state index contributed by atoms with van der Waals surface area (Å²) in [5.74, 6) is -1.56. The van der Waals surface area contributed by atoms with Crippen molar-refractivity contribution in [2.24, 2.45) is 0 Å². The predicted molar refractivity (Wildman–Crippen MR) is 111 cm³/mol. The minimum absolute atomic E-state index is 0.101. The minimum Gasteiger partial charge on any atom is -0.449 e. The summed E-state index contributed by atoms with van der Waals surface area (Å²) in [6.07, 6.45) is -1.07. The minimum atomic E-state index is -1.07. The molecular weight excluding hydrogens is 390 g/mol. The molecule has 0 unspecified atom stereocenters. The van der Waals surface area contributed by atoms with Gasteiger partial charge in [0.2, 0.25) is 0 Å². The fourth-order valence-electron chi connectivity index (χ4n) is 2.69. The van der Waals surface area contributed by atoms with Crippen molar-refractivity contribution in [1.29, 1.82) is 0 Å². The van der Waals surface area contributed by atoms with Gasteiger partial charge in [0.15, 0.2) is 11.9 Å². The van der Waals surface area contributed by atoms with E-state index < -0.39 is 18.0 Å². The number of hydrogen-bond donors (Lipinski definition) is 1. The van der Waals surface area contributed by atoms with E-state index in [0.29, 0.717) is 16.3 Å². The summed E-state index contributed by atoms with van der Waals surface area (Å²) in [5.41, 5.74) is 1.26. The van der Waals surface area contributed by atoms with Crippen molar-refractivity contribution in [3.63, 3.8) is 0 Å². The van der Waals surface area contributed by atoms with Crippen molar-refractivity contribution in [2.45, 2.75) is 13.0 Å². The van der Waals surface area contributed by atoms with E-state index in [2.05, 4.69) is 5.32 Å². The molecule has 29 heavy (non-hydrogen) atoms. The molecule has 0 saturated carbocycles. The number of carbonyl (C=O) groups excluding carboxylic acids is 3. The number of halogens is 1. The molecule has 3 aromatic rings. The van der Waals surface area contributed by atoms with Crippen molar-refractivity contribution >= 4 is 34.9 Å². The van der Waals surface area contributed by atoms with E-state index in [1.54, 1.807) is 72.8 Å². The van der Waals surface area contributed by atoms with Crippen LogP contribution in [-0.4, -0.2) is 23.8 Å². The van der Waals surface area contributed by atoms with Crippen molar-refractivity contribution in [3.8, 4) is 0 Å². The molecule has 3 aromatic carbocycles. The summed E-state index contributed by atoms with van der Waals surface area (Å²) < 4.78 is 5.29. The van der Waals surface area contributed by atoms with E-state index in [9.17, 15) is 14.4 Å².